The number of halogens is 2. The number of carbonyl (C=O) groups excluding carboxylic acids is 1. The molecule has 1 heterocycles. The molecular weight excluding hydrogens is 233 g/mol. The van der Waals surface area contributed by atoms with E-state index in [1.165, 1.54) is 17.0 Å². The van der Waals surface area contributed by atoms with Crippen LogP contribution in [0.4, 0.5) is 4.39 Å². The van der Waals surface area contributed by atoms with Crippen molar-refractivity contribution >= 4 is 17.5 Å². The Kier molecular flexibility index (Phi) is 2.64. The Bertz CT molecular complexity index is 440. The lowest BCUT2D eigenvalue weighted by Gasteiger charge is -2.44. The highest BCUT2D eigenvalue weighted by molar-refractivity contribution is 6.30. The zero-order valence-electron chi connectivity index (χ0n) is 8.70. The fourth-order valence-electron chi connectivity index (χ4n) is 1.73. The van der Waals surface area contributed by atoms with E-state index >= 15 is 0 Å². The van der Waals surface area contributed by atoms with Crippen LogP contribution in [0.2, 0.25) is 5.02 Å². The maximum Gasteiger partial charge on any atom is 0.254 e. The summed E-state index contributed by atoms with van der Waals surface area (Å²) in [6.07, 6.45) is 0. The molecule has 86 valence electrons. The Morgan fingerprint density at radius 1 is 1.56 bits per heavy atom. The van der Waals surface area contributed by atoms with Crippen molar-refractivity contribution in [3.8, 4) is 0 Å². The summed E-state index contributed by atoms with van der Waals surface area (Å²) in [5.41, 5.74) is -0.571. The summed E-state index contributed by atoms with van der Waals surface area (Å²) in [6.45, 7) is 2.20. The van der Waals surface area contributed by atoms with Gasteiger partial charge in [0.05, 0.1) is 23.7 Å². The van der Waals surface area contributed by atoms with E-state index in [2.05, 4.69) is 0 Å². The molecule has 1 aromatic carbocycles. The van der Waals surface area contributed by atoms with Crippen LogP contribution in [0.5, 0.6) is 0 Å². The van der Waals surface area contributed by atoms with E-state index in [0.29, 0.717) is 0 Å². The topological polar surface area (TPSA) is 40.5 Å². The Labute approximate surface area is 97.4 Å². The van der Waals surface area contributed by atoms with Crippen molar-refractivity contribution in [1.82, 2.24) is 4.90 Å². The van der Waals surface area contributed by atoms with Gasteiger partial charge in [-0.25, -0.2) is 4.39 Å². The highest BCUT2D eigenvalue weighted by Crippen LogP contribution is 2.23. The molecule has 1 aliphatic rings. The van der Waals surface area contributed by atoms with Gasteiger partial charge >= 0.3 is 0 Å². The number of β-amino-alcohol motifs (C(OH)–C–C–N with tert-alkyl or cyclic N) is 1. The zero-order chi connectivity index (χ0) is 11.9. The summed E-state index contributed by atoms with van der Waals surface area (Å²) in [5.74, 6) is -0.901. The third-order valence-corrected chi connectivity index (χ3v) is 2.82. The van der Waals surface area contributed by atoms with Crippen molar-refractivity contribution < 1.29 is 14.3 Å². The number of likely N-dealkylation sites (tertiary alicyclic amines) is 1. The third kappa shape index (κ3) is 2.03. The van der Waals surface area contributed by atoms with E-state index in [1.54, 1.807) is 6.92 Å². The number of benzene rings is 1. The second-order valence-electron chi connectivity index (χ2n) is 4.29. The standard InChI is InChI=1S/C11H11ClFNO2/c1-11(16)5-14(6-11)10(15)7-2-3-8(12)9(13)4-7/h2-4,16H,5-6H2,1H3. The number of carbonyl (C=O) groups is 1. The molecule has 0 bridgehead atoms. The van der Waals surface area contributed by atoms with Crippen molar-refractivity contribution in [1.29, 1.82) is 0 Å². The molecule has 5 heteroatoms. The van der Waals surface area contributed by atoms with Gasteiger partial charge in [0.1, 0.15) is 5.82 Å². The number of hydrogen-bond acceptors (Lipinski definition) is 2. The largest absolute Gasteiger partial charge is 0.386 e. The summed E-state index contributed by atoms with van der Waals surface area (Å²) in [6, 6.07) is 3.93. The summed E-state index contributed by atoms with van der Waals surface area (Å²) in [4.78, 5) is 13.2. The predicted molar refractivity (Wildman–Crippen MR) is 57.9 cm³/mol. The molecule has 1 N–H and O–H groups in total. The molecule has 1 amide bonds. The summed E-state index contributed by atoms with van der Waals surface area (Å²) < 4.78 is 13.1. The van der Waals surface area contributed by atoms with Gasteiger partial charge in [-0.3, -0.25) is 4.79 Å². The fourth-order valence-corrected chi connectivity index (χ4v) is 1.85. The molecule has 0 saturated carbocycles. The molecule has 1 aromatic rings. The molecule has 0 aromatic heterocycles. The number of hydrogen-bond donors (Lipinski definition) is 1. The Hall–Kier alpha value is -1.13. The average molecular weight is 244 g/mol. The van der Waals surface area contributed by atoms with Crippen LogP contribution in [-0.4, -0.2) is 34.6 Å². The molecule has 16 heavy (non-hydrogen) atoms. The molecular formula is C11H11ClFNO2. The monoisotopic (exact) mass is 243 g/mol. The number of amides is 1. The molecule has 3 nitrogen and oxygen atoms in total. The Morgan fingerprint density at radius 3 is 2.69 bits per heavy atom. The van der Waals surface area contributed by atoms with E-state index in [9.17, 15) is 14.3 Å². The minimum absolute atomic E-state index is 0.00726. The first-order valence-corrected chi connectivity index (χ1v) is 5.23. The van der Waals surface area contributed by atoms with Crippen LogP contribution in [0.15, 0.2) is 18.2 Å². The smallest absolute Gasteiger partial charge is 0.254 e. The molecule has 0 spiro atoms. The fraction of sp³-hybridized carbons (Fsp3) is 0.364. The predicted octanol–water partition coefficient (Wildman–Crippen LogP) is 1.69. The lowest BCUT2D eigenvalue weighted by molar-refractivity contribution is -0.0668. The number of rotatable bonds is 1. The third-order valence-electron chi connectivity index (χ3n) is 2.52. The van der Waals surface area contributed by atoms with Crippen molar-refractivity contribution in [3.63, 3.8) is 0 Å². The highest BCUT2D eigenvalue weighted by Gasteiger charge is 2.39. The SMILES string of the molecule is CC1(O)CN(C(=O)c2ccc(Cl)c(F)c2)C1. The van der Waals surface area contributed by atoms with Gasteiger partial charge in [-0.15, -0.1) is 0 Å². The molecule has 0 aliphatic carbocycles. The van der Waals surface area contributed by atoms with Gasteiger partial charge in [-0.05, 0) is 25.1 Å². The van der Waals surface area contributed by atoms with Gasteiger partial charge in [0, 0.05) is 5.56 Å². The first-order valence-electron chi connectivity index (χ1n) is 4.86. The Morgan fingerprint density at radius 2 is 2.19 bits per heavy atom. The lowest BCUT2D eigenvalue weighted by Crippen LogP contribution is -2.61. The molecule has 0 unspecified atom stereocenters. The van der Waals surface area contributed by atoms with E-state index in [0.717, 1.165) is 6.07 Å². The normalized spacial score (nSPS) is 18.1. The number of aliphatic hydroxyl groups is 1. The van der Waals surface area contributed by atoms with Crippen LogP contribution in [0.1, 0.15) is 17.3 Å². The van der Waals surface area contributed by atoms with E-state index < -0.39 is 11.4 Å². The van der Waals surface area contributed by atoms with Crippen molar-refractivity contribution in [2.75, 3.05) is 13.1 Å². The molecule has 1 fully saturated rings. The van der Waals surface area contributed by atoms with Crippen LogP contribution < -0.4 is 0 Å². The molecule has 0 radical (unpaired) electrons. The van der Waals surface area contributed by atoms with Gasteiger partial charge in [0.25, 0.3) is 5.91 Å². The summed E-state index contributed by atoms with van der Waals surface area (Å²) in [7, 11) is 0. The minimum Gasteiger partial charge on any atom is -0.386 e. The molecule has 1 aliphatic heterocycles. The molecule has 0 atom stereocenters. The van der Waals surface area contributed by atoms with Gasteiger partial charge in [-0.1, -0.05) is 11.6 Å². The second kappa shape index (κ2) is 3.71. The molecule has 1 saturated heterocycles. The first-order chi connectivity index (χ1) is 7.39. The van der Waals surface area contributed by atoms with Crippen molar-refractivity contribution in [2.45, 2.75) is 12.5 Å². The summed E-state index contributed by atoms with van der Waals surface area (Å²) >= 11 is 5.52. The van der Waals surface area contributed by atoms with Gasteiger partial charge in [0.15, 0.2) is 0 Å². The first kappa shape index (κ1) is 11.4. The average Bonchev–Trinajstić information content (AvgIpc) is 2.17. The zero-order valence-corrected chi connectivity index (χ0v) is 9.46. The van der Waals surface area contributed by atoms with Crippen LogP contribution >= 0.6 is 11.6 Å². The van der Waals surface area contributed by atoms with Gasteiger partial charge < -0.3 is 10.0 Å². The van der Waals surface area contributed by atoms with E-state index in [1.807, 2.05) is 0 Å². The van der Waals surface area contributed by atoms with E-state index in [4.69, 9.17) is 11.6 Å². The van der Waals surface area contributed by atoms with Crippen LogP contribution in [0.3, 0.4) is 0 Å². The van der Waals surface area contributed by atoms with Crippen LogP contribution in [-0.2, 0) is 0 Å². The Balaban J connectivity index is 2.13. The summed E-state index contributed by atoms with van der Waals surface area (Å²) in [5, 5.41) is 9.48. The van der Waals surface area contributed by atoms with E-state index in [-0.39, 0.29) is 29.6 Å². The second-order valence-corrected chi connectivity index (χ2v) is 4.69. The number of nitrogens with zero attached hydrogens (tertiary/aromatic N) is 1. The quantitative estimate of drug-likeness (QED) is 0.815. The van der Waals surface area contributed by atoms with Crippen molar-refractivity contribution in [2.24, 2.45) is 0 Å². The highest BCUT2D eigenvalue weighted by atomic mass is 35.5. The molecule has 2 rings (SSSR count). The lowest BCUT2D eigenvalue weighted by atomic mass is 9.96. The van der Waals surface area contributed by atoms with Gasteiger partial charge in [-0.2, -0.15) is 0 Å². The van der Waals surface area contributed by atoms with Crippen LogP contribution in [0.25, 0.3) is 0 Å². The van der Waals surface area contributed by atoms with Crippen LogP contribution in [0, 0.1) is 5.82 Å². The van der Waals surface area contributed by atoms with Crippen molar-refractivity contribution in [3.05, 3.63) is 34.6 Å². The minimum atomic E-state index is -0.819. The maximum absolute atomic E-state index is 13.1. The van der Waals surface area contributed by atoms with Gasteiger partial charge in [0.2, 0.25) is 0 Å². The maximum atomic E-state index is 13.1.